The lowest BCUT2D eigenvalue weighted by Gasteiger charge is -2.25. The Morgan fingerprint density at radius 2 is 2.43 bits per heavy atom. The Morgan fingerprint density at radius 1 is 1.57 bits per heavy atom. The zero-order valence-corrected chi connectivity index (χ0v) is 12.5. The van der Waals surface area contributed by atoms with Crippen molar-refractivity contribution in [3.63, 3.8) is 0 Å². The minimum absolute atomic E-state index is 0.0583. The lowest BCUT2D eigenvalue weighted by molar-refractivity contribution is -0.135. The van der Waals surface area contributed by atoms with Gasteiger partial charge in [-0.25, -0.2) is 9.97 Å². The molecule has 1 aliphatic rings. The molecule has 3 rings (SSSR count). The van der Waals surface area contributed by atoms with Crippen LogP contribution in [0.2, 0.25) is 0 Å². The SMILES string of the molecule is CCC(C(=O)Nc1nc2cccnc2s1)N1CCCC1=O. The summed E-state index contributed by atoms with van der Waals surface area (Å²) < 4.78 is 0. The third-order valence-corrected chi connectivity index (χ3v) is 4.47. The normalized spacial score (nSPS) is 16.4. The van der Waals surface area contributed by atoms with E-state index in [4.69, 9.17) is 0 Å². The van der Waals surface area contributed by atoms with Gasteiger partial charge in [0.2, 0.25) is 11.8 Å². The summed E-state index contributed by atoms with van der Waals surface area (Å²) in [6.07, 6.45) is 3.66. The van der Waals surface area contributed by atoms with Crippen LogP contribution in [0, 0.1) is 0 Å². The number of likely N-dealkylation sites (tertiary alicyclic amines) is 1. The van der Waals surface area contributed by atoms with Crippen LogP contribution >= 0.6 is 11.3 Å². The van der Waals surface area contributed by atoms with Gasteiger partial charge in [0.25, 0.3) is 0 Å². The zero-order chi connectivity index (χ0) is 14.8. The molecule has 3 heterocycles. The average Bonchev–Trinajstić information content (AvgIpc) is 3.06. The van der Waals surface area contributed by atoms with E-state index in [0.717, 1.165) is 16.8 Å². The molecule has 0 aliphatic carbocycles. The Labute approximate surface area is 126 Å². The molecule has 0 spiro atoms. The van der Waals surface area contributed by atoms with Crippen LogP contribution in [0.4, 0.5) is 5.13 Å². The Balaban J connectivity index is 1.76. The highest BCUT2D eigenvalue weighted by molar-refractivity contribution is 7.21. The number of rotatable bonds is 4. The van der Waals surface area contributed by atoms with Crippen LogP contribution in [0.3, 0.4) is 0 Å². The molecule has 0 saturated carbocycles. The predicted molar refractivity (Wildman–Crippen MR) is 81.1 cm³/mol. The van der Waals surface area contributed by atoms with E-state index in [0.29, 0.717) is 24.5 Å². The first-order valence-electron chi connectivity index (χ1n) is 7.01. The van der Waals surface area contributed by atoms with E-state index in [1.807, 2.05) is 19.1 Å². The summed E-state index contributed by atoms with van der Waals surface area (Å²) in [4.78, 5) is 35.2. The summed E-state index contributed by atoms with van der Waals surface area (Å²) >= 11 is 1.34. The number of thiazole rings is 1. The van der Waals surface area contributed by atoms with Crippen molar-refractivity contribution in [3.05, 3.63) is 18.3 Å². The van der Waals surface area contributed by atoms with E-state index in [2.05, 4.69) is 15.3 Å². The number of carbonyl (C=O) groups is 2. The average molecular weight is 304 g/mol. The molecular formula is C14H16N4O2S. The molecule has 2 aromatic rings. The molecule has 7 heteroatoms. The maximum Gasteiger partial charge on any atom is 0.248 e. The van der Waals surface area contributed by atoms with Crippen molar-refractivity contribution in [1.29, 1.82) is 0 Å². The third kappa shape index (κ3) is 2.73. The quantitative estimate of drug-likeness (QED) is 0.938. The van der Waals surface area contributed by atoms with Crippen LogP contribution < -0.4 is 5.32 Å². The number of fused-ring (bicyclic) bond motifs is 1. The molecule has 110 valence electrons. The minimum atomic E-state index is -0.417. The van der Waals surface area contributed by atoms with Crippen LogP contribution in [0.5, 0.6) is 0 Å². The molecule has 1 fully saturated rings. The van der Waals surface area contributed by atoms with Gasteiger partial charge in [-0.05, 0) is 25.0 Å². The van der Waals surface area contributed by atoms with Crippen molar-refractivity contribution in [2.24, 2.45) is 0 Å². The summed E-state index contributed by atoms with van der Waals surface area (Å²) in [6.45, 7) is 2.57. The van der Waals surface area contributed by atoms with E-state index in [1.165, 1.54) is 11.3 Å². The van der Waals surface area contributed by atoms with E-state index in [1.54, 1.807) is 11.1 Å². The second-order valence-corrected chi connectivity index (χ2v) is 5.93. The van der Waals surface area contributed by atoms with Gasteiger partial charge in [-0.3, -0.25) is 9.59 Å². The van der Waals surface area contributed by atoms with Gasteiger partial charge in [-0.1, -0.05) is 18.3 Å². The fraction of sp³-hybridized carbons (Fsp3) is 0.429. The van der Waals surface area contributed by atoms with E-state index >= 15 is 0 Å². The minimum Gasteiger partial charge on any atom is -0.331 e. The smallest absolute Gasteiger partial charge is 0.248 e. The van der Waals surface area contributed by atoms with E-state index < -0.39 is 6.04 Å². The van der Waals surface area contributed by atoms with Gasteiger partial charge in [0, 0.05) is 19.2 Å². The molecule has 2 amide bonds. The summed E-state index contributed by atoms with van der Waals surface area (Å²) in [6, 6.07) is 3.25. The molecule has 21 heavy (non-hydrogen) atoms. The van der Waals surface area contributed by atoms with Crippen molar-refractivity contribution in [1.82, 2.24) is 14.9 Å². The summed E-state index contributed by atoms with van der Waals surface area (Å²) in [5.41, 5.74) is 0.767. The standard InChI is InChI=1S/C14H16N4O2S/c1-2-10(18-8-4-6-11(18)19)12(20)17-14-16-9-5-3-7-15-13(9)21-14/h3,5,7,10H,2,4,6,8H2,1H3,(H,16,17,20). The third-order valence-electron chi connectivity index (χ3n) is 3.57. The summed E-state index contributed by atoms with van der Waals surface area (Å²) in [5, 5.41) is 3.34. The number of anilines is 1. The molecule has 1 saturated heterocycles. The van der Waals surface area contributed by atoms with Gasteiger partial charge in [0.05, 0.1) is 0 Å². The van der Waals surface area contributed by atoms with E-state index in [9.17, 15) is 9.59 Å². The molecule has 2 aromatic heterocycles. The first-order chi connectivity index (χ1) is 10.2. The van der Waals surface area contributed by atoms with Crippen molar-refractivity contribution in [3.8, 4) is 0 Å². The largest absolute Gasteiger partial charge is 0.331 e. The number of hydrogen-bond acceptors (Lipinski definition) is 5. The Kier molecular flexibility index (Phi) is 3.83. The van der Waals surface area contributed by atoms with Gasteiger partial charge >= 0.3 is 0 Å². The second-order valence-electron chi connectivity index (χ2n) is 4.95. The Morgan fingerprint density at radius 3 is 3.10 bits per heavy atom. The molecule has 1 aliphatic heterocycles. The number of pyridine rings is 1. The van der Waals surface area contributed by atoms with Gasteiger partial charge in [-0.2, -0.15) is 0 Å². The van der Waals surface area contributed by atoms with Crippen molar-refractivity contribution < 1.29 is 9.59 Å². The van der Waals surface area contributed by atoms with Crippen LogP contribution in [0.1, 0.15) is 26.2 Å². The second kappa shape index (κ2) is 5.77. The number of aromatic nitrogens is 2. The first kappa shape index (κ1) is 13.9. The lowest BCUT2D eigenvalue weighted by atomic mass is 10.2. The van der Waals surface area contributed by atoms with Crippen molar-refractivity contribution in [2.75, 3.05) is 11.9 Å². The summed E-state index contributed by atoms with van der Waals surface area (Å²) in [7, 11) is 0. The molecule has 1 N–H and O–H groups in total. The molecule has 0 radical (unpaired) electrons. The number of nitrogens with one attached hydrogen (secondary N) is 1. The maximum absolute atomic E-state index is 12.4. The predicted octanol–water partition coefficient (Wildman–Crippen LogP) is 2.03. The first-order valence-corrected chi connectivity index (χ1v) is 7.82. The van der Waals surface area contributed by atoms with Crippen molar-refractivity contribution >= 4 is 38.6 Å². The monoisotopic (exact) mass is 304 g/mol. The summed E-state index contributed by atoms with van der Waals surface area (Å²) in [5.74, 6) is -0.116. The molecule has 6 nitrogen and oxygen atoms in total. The molecule has 1 atom stereocenters. The molecule has 0 aromatic carbocycles. The number of hydrogen-bond donors (Lipinski definition) is 1. The number of carbonyl (C=O) groups excluding carboxylic acids is 2. The fourth-order valence-corrected chi connectivity index (χ4v) is 3.37. The topological polar surface area (TPSA) is 75.2 Å². The van der Waals surface area contributed by atoms with Crippen LogP contribution in [-0.2, 0) is 9.59 Å². The van der Waals surface area contributed by atoms with E-state index in [-0.39, 0.29) is 11.8 Å². The van der Waals surface area contributed by atoms with Crippen LogP contribution in [0.25, 0.3) is 10.3 Å². The van der Waals surface area contributed by atoms with Gasteiger partial charge in [0.15, 0.2) is 5.13 Å². The van der Waals surface area contributed by atoms with Gasteiger partial charge < -0.3 is 10.2 Å². The molecule has 1 unspecified atom stereocenters. The highest BCUT2D eigenvalue weighted by Gasteiger charge is 2.31. The fourth-order valence-electron chi connectivity index (χ4n) is 2.56. The highest BCUT2D eigenvalue weighted by atomic mass is 32.1. The highest BCUT2D eigenvalue weighted by Crippen LogP contribution is 2.24. The Bertz CT molecular complexity index is 651. The van der Waals surface area contributed by atoms with Crippen molar-refractivity contribution in [2.45, 2.75) is 32.2 Å². The molecular weight excluding hydrogens is 288 g/mol. The zero-order valence-electron chi connectivity index (χ0n) is 11.7. The number of amides is 2. The Hall–Kier alpha value is -2.02. The van der Waals surface area contributed by atoms with Gasteiger partial charge in [0.1, 0.15) is 16.4 Å². The maximum atomic E-state index is 12.4. The number of nitrogens with zero attached hydrogens (tertiary/aromatic N) is 3. The van der Waals surface area contributed by atoms with Gasteiger partial charge in [-0.15, -0.1) is 0 Å². The molecule has 0 bridgehead atoms. The van der Waals surface area contributed by atoms with Crippen LogP contribution in [0.15, 0.2) is 18.3 Å². The lowest BCUT2D eigenvalue weighted by Crippen LogP contribution is -2.44. The van der Waals surface area contributed by atoms with Crippen LogP contribution in [-0.4, -0.2) is 39.3 Å².